The third-order valence-electron chi connectivity index (χ3n) is 10.9. The molecule has 0 unspecified atom stereocenters. The van der Waals surface area contributed by atoms with Crippen LogP contribution >= 0.6 is 22.9 Å². The van der Waals surface area contributed by atoms with Crippen molar-refractivity contribution < 1.29 is 14.4 Å². The molecular formula is C35H50ClN7O3S. The Morgan fingerprint density at radius 1 is 0.957 bits per heavy atom. The number of hydrogen-bond donors (Lipinski definition) is 2. The van der Waals surface area contributed by atoms with E-state index in [0.717, 1.165) is 68.7 Å². The van der Waals surface area contributed by atoms with Crippen LogP contribution < -0.4 is 11.1 Å². The maximum atomic E-state index is 14.2. The van der Waals surface area contributed by atoms with Crippen molar-refractivity contribution in [2.45, 2.75) is 70.4 Å². The minimum atomic E-state index is -0.477. The molecule has 0 bridgehead atoms. The minimum absolute atomic E-state index is 0.00574. The van der Waals surface area contributed by atoms with Crippen LogP contribution in [-0.4, -0.2) is 120 Å². The Bertz CT molecular complexity index is 1430. The van der Waals surface area contributed by atoms with Crippen molar-refractivity contribution in [2.75, 3.05) is 77.0 Å². The van der Waals surface area contributed by atoms with E-state index in [1.165, 1.54) is 18.4 Å². The number of hydrogen-bond acceptors (Lipinski definition) is 7. The van der Waals surface area contributed by atoms with E-state index < -0.39 is 5.92 Å². The summed E-state index contributed by atoms with van der Waals surface area (Å²) in [6.45, 7) is 9.25. The topological polar surface area (TPSA) is 105 Å². The fourth-order valence-electron chi connectivity index (χ4n) is 7.88. The Kier molecular flexibility index (Phi) is 11.0. The number of nitrogen functional groups attached to an aromatic ring is 1. The lowest BCUT2D eigenvalue weighted by atomic mass is 9.91. The number of fused-ring (bicyclic) bond motifs is 1. The number of rotatable bonds is 8. The normalized spacial score (nSPS) is 21.3. The summed E-state index contributed by atoms with van der Waals surface area (Å²) in [6, 6.07) is 4.52. The number of carbonyl (C=O) groups is 3. The van der Waals surface area contributed by atoms with Gasteiger partial charge in [0.1, 0.15) is 0 Å². The quantitative estimate of drug-likeness (QED) is 0.400. The number of thiophene rings is 1. The van der Waals surface area contributed by atoms with Crippen molar-refractivity contribution in [3.63, 3.8) is 0 Å². The van der Waals surface area contributed by atoms with Crippen LogP contribution in [0.5, 0.6) is 0 Å². The van der Waals surface area contributed by atoms with Crippen LogP contribution in [0.25, 0.3) is 0 Å². The molecule has 4 aliphatic rings. The van der Waals surface area contributed by atoms with Crippen LogP contribution in [0.3, 0.4) is 0 Å². The number of likely N-dealkylation sites (tertiary alicyclic amines) is 2. The summed E-state index contributed by atoms with van der Waals surface area (Å²) in [5.74, 6) is -0.420. The van der Waals surface area contributed by atoms with Gasteiger partial charge in [0.2, 0.25) is 11.8 Å². The molecule has 12 heteroatoms. The van der Waals surface area contributed by atoms with Gasteiger partial charge in [0, 0.05) is 69.7 Å². The molecule has 10 nitrogen and oxygen atoms in total. The van der Waals surface area contributed by atoms with Gasteiger partial charge in [-0.25, -0.2) is 4.79 Å². The standard InChI is InChI=1S/C35H50ClN7O3S/c1-3-25-18-24(20-30(36)33(25)37)19-27(34(45)42-16-14-40(15-17-42)28-5-9-39(2)10-6-28)21-32(44)41-11-7-29(8-12-41)43-13-4-26-22-47-23-31(26)38-35(43)46/h18,20,22-23,27-29H,3-17,19,21,37H2,1-2H3,(H,38,46)/t27-/m0/s1. The summed E-state index contributed by atoms with van der Waals surface area (Å²) in [7, 11) is 2.18. The first-order valence-electron chi connectivity index (χ1n) is 17.4. The molecule has 4 aliphatic heterocycles. The predicted octanol–water partition coefficient (Wildman–Crippen LogP) is 4.41. The number of aryl methyl sites for hydroxylation is 1. The number of anilines is 2. The van der Waals surface area contributed by atoms with Crippen molar-refractivity contribution in [3.05, 3.63) is 44.6 Å². The van der Waals surface area contributed by atoms with Gasteiger partial charge in [-0.3, -0.25) is 14.5 Å². The largest absolute Gasteiger partial charge is 0.397 e. The van der Waals surface area contributed by atoms with Crippen LogP contribution in [0.4, 0.5) is 16.2 Å². The highest BCUT2D eigenvalue weighted by Crippen LogP contribution is 2.30. The molecule has 0 saturated carbocycles. The molecule has 3 saturated heterocycles. The van der Waals surface area contributed by atoms with Gasteiger partial charge in [-0.2, -0.15) is 0 Å². The third kappa shape index (κ3) is 7.90. The summed E-state index contributed by atoms with van der Waals surface area (Å²) < 4.78 is 0. The third-order valence-corrected chi connectivity index (χ3v) is 12.0. The highest BCUT2D eigenvalue weighted by atomic mass is 35.5. The summed E-state index contributed by atoms with van der Waals surface area (Å²) in [5.41, 5.74) is 10.8. The highest BCUT2D eigenvalue weighted by Gasteiger charge is 2.35. The second kappa shape index (κ2) is 15.1. The zero-order chi connectivity index (χ0) is 33.1. The molecule has 1 aromatic carbocycles. The molecule has 4 amide bonds. The number of piperazine rings is 1. The van der Waals surface area contributed by atoms with E-state index in [0.29, 0.717) is 55.9 Å². The maximum Gasteiger partial charge on any atom is 0.322 e. The minimum Gasteiger partial charge on any atom is -0.397 e. The van der Waals surface area contributed by atoms with Crippen LogP contribution in [0.15, 0.2) is 22.9 Å². The number of nitrogens with one attached hydrogen (secondary N) is 1. The van der Waals surface area contributed by atoms with Gasteiger partial charge in [-0.05, 0) is 93.2 Å². The lowest BCUT2D eigenvalue weighted by Crippen LogP contribution is -2.55. The first kappa shape index (κ1) is 34.0. The molecule has 1 atom stereocenters. The van der Waals surface area contributed by atoms with Crippen molar-refractivity contribution in [1.29, 1.82) is 0 Å². The van der Waals surface area contributed by atoms with E-state index >= 15 is 0 Å². The molecular weight excluding hydrogens is 634 g/mol. The Morgan fingerprint density at radius 3 is 2.36 bits per heavy atom. The summed E-state index contributed by atoms with van der Waals surface area (Å²) >= 11 is 8.13. The van der Waals surface area contributed by atoms with Gasteiger partial charge >= 0.3 is 6.03 Å². The second-order valence-corrected chi connectivity index (χ2v) is 15.0. The zero-order valence-corrected chi connectivity index (χ0v) is 29.5. The van der Waals surface area contributed by atoms with Crippen molar-refractivity contribution in [2.24, 2.45) is 5.92 Å². The summed E-state index contributed by atoms with van der Waals surface area (Å²) in [5, 5.41) is 7.66. The molecule has 3 fully saturated rings. The number of urea groups is 1. The molecule has 0 radical (unpaired) electrons. The van der Waals surface area contributed by atoms with Crippen LogP contribution in [-0.2, 0) is 28.9 Å². The fraction of sp³-hybridized carbons (Fsp3) is 0.629. The van der Waals surface area contributed by atoms with Gasteiger partial charge in [0.15, 0.2) is 0 Å². The molecule has 6 rings (SSSR count). The van der Waals surface area contributed by atoms with Crippen molar-refractivity contribution in [1.82, 2.24) is 24.5 Å². The number of benzene rings is 1. The zero-order valence-electron chi connectivity index (χ0n) is 27.9. The van der Waals surface area contributed by atoms with Crippen molar-refractivity contribution in [3.8, 4) is 0 Å². The molecule has 5 heterocycles. The SMILES string of the molecule is CCc1cc(C[C@@H](CC(=O)N2CCC(N3CCc4cscc4NC3=O)CC2)C(=O)N2CCN(C3CCN(C)CC3)CC2)cc(Cl)c1N. The molecule has 2 aromatic rings. The van der Waals surface area contributed by atoms with Gasteiger partial charge in [-0.1, -0.05) is 24.6 Å². The Balaban J connectivity index is 1.09. The number of piperidine rings is 2. The molecule has 3 N–H and O–H groups in total. The molecule has 1 aromatic heterocycles. The fourth-order valence-corrected chi connectivity index (χ4v) is 8.96. The van der Waals surface area contributed by atoms with Crippen LogP contribution in [0, 0.1) is 5.92 Å². The number of nitrogens with two attached hydrogens (primary N) is 1. The molecule has 47 heavy (non-hydrogen) atoms. The Morgan fingerprint density at radius 2 is 1.66 bits per heavy atom. The van der Waals surface area contributed by atoms with Crippen molar-refractivity contribution >= 4 is 52.2 Å². The van der Waals surface area contributed by atoms with E-state index in [9.17, 15) is 14.4 Å². The van der Waals surface area contributed by atoms with E-state index in [1.54, 1.807) is 11.3 Å². The van der Waals surface area contributed by atoms with Crippen LogP contribution in [0.1, 0.15) is 55.7 Å². The summed E-state index contributed by atoms with van der Waals surface area (Å²) in [6.07, 6.45) is 6.00. The number of amides is 4. The lowest BCUT2D eigenvalue weighted by Gasteiger charge is -2.43. The first-order valence-corrected chi connectivity index (χ1v) is 18.7. The second-order valence-electron chi connectivity index (χ2n) is 13.8. The molecule has 0 spiro atoms. The van der Waals surface area contributed by atoms with Gasteiger partial charge in [0.05, 0.1) is 22.3 Å². The number of carbonyl (C=O) groups excluding carboxylic acids is 3. The summed E-state index contributed by atoms with van der Waals surface area (Å²) in [4.78, 5) is 51.8. The first-order chi connectivity index (χ1) is 22.7. The number of halogens is 1. The van der Waals surface area contributed by atoms with E-state index in [4.69, 9.17) is 17.3 Å². The Labute approximate surface area is 288 Å². The molecule has 256 valence electrons. The maximum absolute atomic E-state index is 14.2. The van der Waals surface area contributed by atoms with E-state index in [1.807, 2.05) is 39.1 Å². The smallest absolute Gasteiger partial charge is 0.322 e. The Hall–Kier alpha value is -2.86. The monoisotopic (exact) mass is 683 g/mol. The number of nitrogens with zero attached hydrogens (tertiary/aromatic N) is 5. The predicted molar refractivity (Wildman–Crippen MR) is 189 cm³/mol. The van der Waals surface area contributed by atoms with Gasteiger partial charge < -0.3 is 30.7 Å². The van der Waals surface area contributed by atoms with Gasteiger partial charge in [-0.15, -0.1) is 11.3 Å². The van der Waals surface area contributed by atoms with Gasteiger partial charge in [0.25, 0.3) is 0 Å². The van der Waals surface area contributed by atoms with E-state index in [2.05, 4.69) is 27.5 Å². The lowest BCUT2D eigenvalue weighted by molar-refractivity contribution is -0.143. The average molecular weight is 684 g/mol. The molecule has 0 aliphatic carbocycles. The highest BCUT2D eigenvalue weighted by molar-refractivity contribution is 7.08. The average Bonchev–Trinajstić information content (AvgIpc) is 3.46. The van der Waals surface area contributed by atoms with Crippen LogP contribution in [0.2, 0.25) is 5.02 Å². The van der Waals surface area contributed by atoms with E-state index in [-0.39, 0.29) is 30.3 Å².